The number of carbonyl (C=O) groups excluding carboxylic acids is 1. The summed E-state index contributed by atoms with van der Waals surface area (Å²) in [6, 6.07) is 0.104. The molecule has 1 amide bonds. The number of rotatable bonds is 1. The fraction of sp³-hybridized carbons (Fsp3) is 0.917. The first-order valence-electron chi connectivity index (χ1n) is 6.11. The summed E-state index contributed by atoms with van der Waals surface area (Å²) in [5.41, 5.74) is 0.324. The Morgan fingerprint density at radius 3 is 2.62 bits per heavy atom. The van der Waals surface area contributed by atoms with E-state index in [-0.39, 0.29) is 18.4 Å². The van der Waals surface area contributed by atoms with E-state index < -0.39 is 0 Å². The molecule has 1 N–H and O–H groups in total. The lowest BCUT2D eigenvalue weighted by molar-refractivity contribution is -0.133. The predicted octanol–water partition coefficient (Wildman–Crippen LogP) is 1.81. The van der Waals surface area contributed by atoms with Gasteiger partial charge in [0.1, 0.15) is 0 Å². The Balaban J connectivity index is 0.00000128. The normalized spacial score (nSPS) is 28.6. The van der Waals surface area contributed by atoms with Crippen molar-refractivity contribution in [3.63, 3.8) is 0 Å². The van der Waals surface area contributed by atoms with Gasteiger partial charge in [-0.05, 0) is 31.2 Å². The Labute approximate surface area is 104 Å². The van der Waals surface area contributed by atoms with Crippen LogP contribution in [0.25, 0.3) is 0 Å². The molecule has 2 aliphatic heterocycles. The third kappa shape index (κ3) is 3.11. The number of piperidine rings is 1. The van der Waals surface area contributed by atoms with E-state index in [4.69, 9.17) is 0 Å². The second-order valence-corrected chi connectivity index (χ2v) is 5.68. The molecular weight excluding hydrogens is 224 g/mol. The Hall–Kier alpha value is -0.280. The highest BCUT2D eigenvalue weighted by Crippen LogP contribution is 2.29. The molecule has 2 heterocycles. The van der Waals surface area contributed by atoms with Gasteiger partial charge in [-0.25, -0.2) is 0 Å². The minimum Gasteiger partial charge on any atom is -0.341 e. The van der Waals surface area contributed by atoms with Gasteiger partial charge in [0.15, 0.2) is 0 Å². The van der Waals surface area contributed by atoms with Crippen molar-refractivity contribution in [3.8, 4) is 0 Å². The summed E-state index contributed by atoms with van der Waals surface area (Å²) >= 11 is 0. The average molecular weight is 247 g/mol. The van der Waals surface area contributed by atoms with Crippen LogP contribution < -0.4 is 5.32 Å². The van der Waals surface area contributed by atoms with E-state index in [2.05, 4.69) is 19.2 Å². The van der Waals surface area contributed by atoms with Gasteiger partial charge < -0.3 is 10.2 Å². The molecule has 0 saturated carbocycles. The molecule has 0 bridgehead atoms. The molecule has 3 nitrogen and oxygen atoms in total. The highest BCUT2D eigenvalue weighted by atomic mass is 35.5. The van der Waals surface area contributed by atoms with Crippen LogP contribution in [0.3, 0.4) is 0 Å². The second-order valence-electron chi connectivity index (χ2n) is 5.68. The van der Waals surface area contributed by atoms with E-state index >= 15 is 0 Å². The number of nitrogens with one attached hydrogen (secondary N) is 1. The third-order valence-corrected chi connectivity index (χ3v) is 3.60. The van der Waals surface area contributed by atoms with Gasteiger partial charge in [0.2, 0.25) is 5.91 Å². The van der Waals surface area contributed by atoms with Crippen molar-refractivity contribution >= 4 is 18.3 Å². The number of hydrogen-bond donors (Lipinski definition) is 1. The van der Waals surface area contributed by atoms with Crippen molar-refractivity contribution in [3.05, 3.63) is 0 Å². The van der Waals surface area contributed by atoms with Gasteiger partial charge in [-0.15, -0.1) is 12.4 Å². The van der Waals surface area contributed by atoms with Gasteiger partial charge in [-0.2, -0.15) is 0 Å². The number of hydrogen-bond acceptors (Lipinski definition) is 2. The van der Waals surface area contributed by atoms with Crippen molar-refractivity contribution < 1.29 is 4.79 Å². The average Bonchev–Trinajstić information content (AvgIpc) is 2.59. The minimum absolute atomic E-state index is 0. The van der Waals surface area contributed by atoms with Crippen LogP contribution in [0.1, 0.15) is 39.5 Å². The zero-order chi connectivity index (χ0) is 10.9. The number of nitrogens with zero attached hydrogens (tertiary/aromatic N) is 1. The molecular formula is C12H23ClN2O. The molecule has 0 spiro atoms. The summed E-state index contributed by atoms with van der Waals surface area (Å²) in [6.07, 6.45) is 4.58. The molecule has 94 valence electrons. The van der Waals surface area contributed by atoms with E-state index in [0.29, 0.717) is 11.3 Å². The summed E-state index contributed by atoms with van der Waals surface area (Å²) in [4.78, 5) is 14.2. The van der Waals surface area contributed by atoms with Gasteiger partial charge in [-0.1, -0.05) is 20.3 Å². The molecule has 2 saturated heterocycles. The van der Waals surface area contributed by atoms with Crippen molar-refractivity contribution in [2.24, 2.45) is 5.41 Å². The number of likely N-dealkylation sites (tertiary alicyclic amines) is 1. The maximum Gasteiger partial charge on any atom is 0.239 e. The molecule has 0 aromatic carbocycles. The quantitative estimate of drug-likeness (QED) is 0.766. The Morgan fingerprint density at radius 2 is 2.12 bits per heavy atom. The van der Waals surface area contributed by atoms with E-state index in [9.17, 15) is 4.79 Å². The molecule has 2 rings (SSSR count). The molecule has 16 heavy (non-hydrogen) atoms. The van der Waals surface area contributed by atoms with Crippen LogP contribution in [0.5, 0.6) is 0 Å². The molecule has 1 unspecified atom stereocenters. The highest BCUT2D eigenvalue weighted by Gasteiger charge is 2.35. The van der Waals surface area contributed by atoms with Gasteiger partial charge >= 0.3 is 0 Å². The smallest absolute Gasteiger partial charge is 0.239 e. The Kier molecular flexibility index (Phi) is 4.62. The van der Waals surface area contributed by atoms with Gasteiger partial charge in [0, 0.05) is 13.1 Å². The van der Waals surface area contributed by atoms with Crippen LogP contribution in [0.15, 0.2) is 0 Å². The van der Waals surface area contributed by atoms with E-state index in [1.165, 1.54) is 12.8 Å². The Bertz CT molecular complexity index is 249. The van der Waals surface area contributed by atoms with Crippen LogP contribution in [0, 0.1) is 5.41 Å². The number of halogens is 1. The maximum absolute atomic E-state index is 12.2. The van der Waals surface area contributed by atoms with E-state index in [1.807, 2.05) is 4.90 Å². The molecule has 1 atom stereocenters. The van der Waals surface area contributed by atoms with Crippen molar-refractivity contribution in [1.82, 2.24) is 10.2 Å². The summed E-state index contributed by atoms with van der Waals surface area (Å²) in [5, 5.41) is 3.33. The summed E-state index contributed by atoms with van der Waals surface area (Å²) in [5.74, 6) is 0.334. The first kappa shape index (κ1) is 13.8. The molecule has 0 aromatic heterocycles. The molecule has 4 heteroatoms. The fourth-order valence-corrected chi connectivity index (χ4v) is 2.58. The lowest BCUT2D eigenvalue weighted by Gasteiger charge is -2.28. The maximum atomic E-state index is 12.2. The number of carbonyl (C=O) groups is 1. The largest absolute Gasteiger partial charge is 0.341 e. The van der Waals surface area contributed by atoms with Crippen molar-refractivity contribution in [1.29, 1.82) is 0 Å². The summed E-state index contributed by atoms with van der Waals surface area (Å²) < 4.78 is 0. The molecule has 2 aliphatic rings. The van der Waals surface area contributed by atoms with Crippen LogP contribution in [-0.4, -0.2) is 36.5 Å². The fourth-order valence-electron chi connectivity index (χ4n) is 2.58. The van der Waals surface area contributed by atoms with Crippen LogP contribution in [-0.2, 0) is 4.79 Å². The van der Waals surface area contributed by atoms with Crippen LogP contribution in [0.2, 0.25) is 0 Å². The van der Waals surface area contributed by atoms with Gasteiger partial charge in [-0.3, -0.25) is 4.79 Å². The Morgan fingerprint density at radius 1 is 1.38 bits per heavy atom. The summed E-state index contributed by atoms with van der Waals surface area (Å²) in [6.45, 7) is 7.38. The molecule has 2 fully saturated rings. The van der Waals surface area contributed by atoms with Gasteiger partial charge in [0.05, 0.1) is 6.04 Å². The number of amides is 1. The molecule has 0 aromatic rings. The van der Waals surface area contributed by atoms with E-state index in [1.54, 1.807) is 0 Å². The minimum atomic E-state index is 0. The monoisotopic (exact) mass is 246 g/mol. The first-order chi connectivity index (χ1) is 7.08. The first-order valence-corrected chi connectivity index (χ1v) is 6.11. The van der Waals surface area contributed by atoms with Crippen molar-refractivity contribution in [2.75, 3.05) is 19.6 Å². The van der Waals surface area contributed by atoms with Gasteiger partial charge in [0.25, 0.3) is 0 Å². The second kappa shape index (κ2) is 5.37. The zero-order valence-electron chi connectivity index (χ0n) is 10.3. The van der Waals surface area contributed by atoms with Crippen LogP contribution in [0.4, 0.5) is 0 Å². The lowest BCUT2D eigenvalue weighted by Crippen LogP contribution is -2.48. The van der Waals surface area contributed by atoms with Crippen LogP contribution >= 0.6 is 12.4 Å². The molecule has 0 radical (unpaired) electrons. The SMILES string of the molecule is CC1(C)CCN(C(=O)C2CCCCN2)C1.Cl. The third-order valence-electron chi connectivity index (χ3n) is 3.60. The van der Waals surface area contributed by atoms with Crippen molar-refractivity contribution in [2.45, 2.75) is 45.6 Å². The highest BCUT2D eigenvalue weighted by molar-refractivity contribution is 5.85. The van der Waals surface area contributed by atoms with E-state index in [0.717, 1.165) is 32.5 Å². The zero-order valence-corrected chi connectivity index (χ0v) is 11.1. The lowest BCUT2D eigenvalue weighted by atomic mass is 9.93. The topological polar surface area (TPSA) is 32.3 Å². The molecule has 0 aliphatic carbocycles. The standard InChI is InChI=1S/C12H22N2O.ClH/c1-12(2)6-8-14(9-12)11(15)10-5-3-4-7-13-10;/h10,13H,3-9H2,1-2H3;1H. The summed E-state index contributed by atoms with van der Waals surface area (Å²) in [7, 11) is 0. The predicted molar refractivity (Wildman–Crippen MR) is 67.9 cm³/mol.